The van der Waals surface area contributed by atoms with Crippen LogP contribution in [0.5, 0.6) is 11.5 Å². The number of phenolic OH excluding ortho intramolecular Hbond substituents is 2. The molecular weight excluding hydrogens is 410 g/mol. The van der Waals surface area contributed by atoms with E-state index in [1.54, 1.807) is 0 Å². The Balaban J connectivity index is 2.12. The first kappa shape index (κ1) is 24.8. The van der Waals surface area contributed by atoms with Gasteiger partial charge in [0.15, 0.2) is 0 Å². The third-order valence-electron chi connectivity index (χ3n) is 5.04. The highest BCUT2D eigenvalue weighted by Gasteiger charge is 2.26. The monoisotopic (exact) mass is 441 g/mol. The third-order valence-corrected chi connectivity index (χ3v) is 5.04. The molecule has 0 aliphatic heterocycles. The molecule has 8 nitrogen and oxygen atoms in total. The van der Waals surface area contributed by atoms with Crippen LogP contribution in [0, 0.1) is 10.1 Å². The molecule has 3 N–H and O–H groups in total. The first-order chi connectivity index (χ1) is 14.7. The summed E-state index contributed by atoms with van der Waals surface area (Å²) in [6.07, 6.45) is 1.78. The van der Waals surface area contributed by atoms with Gasteiger partial charge in [-0.2, -0.15) is 5.10 Å². The molecule has 0 aliphatic carbocycles. The van der Waals surface area contributed by atoms with Gasteiger partial charge in [0.2, 0.25) is 5.91 Å². The number of hydrogen-bond donors (Lipinski definition) is 3. The fraction of sp³-hybridized carbons (Fsp3) is 0.417. The Kier molecular flexibility index (Phi) is 7.28. The Morgan fingerprint density at radius 3 is 2.12 bits per heavy atom. The number of hydrazone groups is 1. The molecule has 0 saturated heterocycles. The lowest BCUT2D eigenvalue weighted by molar-refractivity contribution is -0.384. The molecule has 0 aromatic heterocycles. The maximum atomic E-state index is 12.3. The number of hydrogen-bond acceptors (Lipinski definition) is 6. The highest BCUT2D eigenvalue weighted by Crippen LogP contribution is 2.40. The number of benzene rings is 2. The molecule has 2 aromatic rings. The van der Waals surface area contributed by atoms with Crippen molar-refractivity contribution < 1.29 is 19.9 Å². The van der Waals surface area contributed by atoms with Gasteiger partial charge in [-0.15, -0.1) is 0 Å². The second-order valence-corrected chi connectivity index (χ2v) is 9.83. The first-order valence-electron chi connectivity index (χ1n) is 10.4. The van der Waals surface area contributed by atoms with E-state index in [0.717, 1.165) is 22.9 Å². The lowest BCUT2D eigenvalue weighted by Crippen LogP contribution is -2.20. The average Bonchev–Trinajstić information content (AvgIpc) is 2.66. The number of aryl methyl sites for hydroxylation is 1. The maximum absolute atomic E-state index is 12.3. The first-order valence-corrected chi connectivity index (χ1v) is 10.4. The van der Waals surface area contributed by atoms with Gasteiger partial charge in [0.1, 0.15) is 11.5 Å². The molecule has 0 fully saturated rings. The summed E-state index contributed by atoms with van der Waals surface area (Å²) in [6.45, 7) is 12.2. The van der Waals surface area contributed by atoms with Crippen LogP contribution in [0.2, 0.25) is 0 Å². The minimum absolute atomic E-state index is 0.127. The second kappa shape index (κ2) is 9.38. The Bertz CT molecular complexity index is 1010. The molecule has 0 bridgehead atoms. The predicted octanol–water partition coefficient (Wildman–Crippen LogP) is 4.68. The van der Waals surface area contributed by atoms with Crippen LogP contribution in [0.15, 0.2) is 35.4 Å². The quantitative estimate of drug-likeness (QED) is 0.341. The summed E-state index contributed by atoms with van der Waals surface area (Å²) in [5.74, 6) is -0.226. The van der Waals surface area contributed by atoms with E-state index in [4.69, 9.17) is 0 Å². The van der Waals surface area contributed by atoms with E-state index in [2.05, 4.69) is 10.5 Å². The van der Waals surface area contributed by atoms with Crippen molar-refractivity contribution in [1.29, 1.82) is 0 Å². The number of phenols is 2. The molecule has 8 heteroatoms. The van der Waals surface area contributed by atoms with E-state index in [-0.39, 0.29) is 40.2 Å². The van der Waals surface area contributed by atoms with Crippen molar-refractivity contribution in [3.05, 3.63) is 62.7 Å². The van der Waals surface area contributed by atoms with Crippen molar-refractivity contribution in [3.63, 3.8) is 0 Å². The summed E-state index contributed by atoms with van der Waals surface area (Å²) in [5.41, 5.74) is 4.41. The highest BCUT2D eigenvalue weighted by atomic mass is 16.6. The zero-order valence-corrected chi connectivity index (χ0v) is 19.4. The van der Waals surface area contributed by atoms with Crippen LogP contribution in [0.25, 0.3) is 0 Å². The number of rotatable bonds is 6. The minimum Gasteiger partial charge on any atom is -0.507 e. The Labute approximate surface area is 188 Å². The van der Waals surface area contributed by atoms with E-state index < -0.39 is 4.92 Å². The zero-order chi connectivity index (χ0) is 24.3. The number of carbonyl (C=O) groups excluding carboxylic acids is 1. The molecule has 0 saturated carbocycles. The molecule has 0 radical (unpaired) electrons. The van der Waals surface area contributed by atoms with Gasteiger partial charge < -0.3 is 10.2 Å². The van der Waals surface area contributed by atoms with Gasteiger partial charge in [-0.05, 0) is 40.0 Å². The van der Waals surface area contributed by atoms with Crippen molar-refractivity contribution in [1.82, 2.24) is 5.43 Å². The van der Waals surface area contributed by atoms with Crippen LogP contribution in [0.4, 0.5) is 5.69 Å². The molecule has 32 heavy (non-hydrogen) atoms. The van der Waals surface area contributed by atoms with Gasteiger partial charge >= 0.3 is 0 Å². The van der Waals surface area contributed by atoms with Crippen molar-refractivity contribution in [3.8, 4) is 11.5 Å². The minimum atomic E-state index is -0.579. The molecule has 0 heterocycles. The van der Waals surface area contributed by atoms with Gasteiger partial charge in [0, 0.05) is 24.1 Å². The number of nitrogens with zero attached hydrogens (tertiary/aromatic N) is 2. The Morgan fingerprint density at radius 2 is 1.62 bits per heavy atom. The molecular formula is C24H31N3O5. The van der Waals surface area contributed by atoms with E-state index in [1.165, 1.54) is 18.2 Å². The van der Waals surface area contributed by atoms with Crippen LogP contribution < -0.4 is 5.43 Å². The topological polar surface area (TPSA) is 125 Å². The molecule has 0 unspecified atom stereocenters. The average molecular weight is 442 g/mol. The molecule has 2 aromatic carbocycles. The number of amides is 1. The van der Waals surface area contributed by atoms with Crippen LogP contribution in [-0.4, -0.2) is 27.3 Å². The van der Waals surface area contributed by atoms with Gasteiger partial charge in [0.05, 0.1) is 11.1 Å². The van der Waals surface area contributed by atoms with E-state index in [0.29, 0.717) is 12.2 Å². The summed E-state index contributed by atoms with van der Waals surface area (Å²) in [5, 5.41) is 35.2. The molecule has 0 aliphatic rings. The number of non-ortho nitro benzene ring substituents is 1. The van der Waals surface area contributed by atoms with Crippen LogP contribution in [0.1, 0.15) is 70.2 Å². The number of carbonyl (C=O) groups is 1. The maximum Gasteiger partial charge on any atom is 0.270 e. The van der Waals surface area contributed by atoms with Crippen molar-refractivity contribution >= 4 is 17.8 Å². The fourth-order valence-electron chi connectivity index (χ4n) is 3.23. The summed E-state index contributed by atoms with van der Waals surface area (Å²) < 4.78 is 0. The summed E-state index contributed by atoms with van der Waals surface area (Å²) in [7, 11) is 0. The summed E-state index contributed by atoms with van der Waals surface area (Å²) in [4.78, 5) is 22.5. The van der Waals surface area contributed by atoms with E-state index >= 15 is 0 Å². The normalized spacial score (nSPS) is 12.2. The largest absolute Gasteiger partial charge is 0.507 e. The van der Waals surface area contributed by atoms with Gasteiger partial charge in [0.25, 0.3) is 5.69 Å². The van der Waals surface area contributed by atoms with Crippen LogP contribution >= 0.6 is 0 Å². The summed E-state index contributed by atoms with van der Waals surface area (Å²) >= 11 is 0. The summed E-state index contributed by atoms with van der Waals surface area (Å²) in [6, 6.07) is 7.42. The van der Waals surface area contributed by atoms with Crippen molar-refractivity contribution in [2.24, 2.45) is 5.10 Å². The number of aromatic hydroxyl groups is 2. The van der Waals surface area contributed by atoms with Crippen LogP contribution in [-0.2, 0) is 22.0 Å². The Hall–Kier alpha value is -3.42. The number of nitro benzene ring substituents is 1. The molecule has 1 amide bonds. The lowest BCUT2D eigenvalue weighted by Gasteiger charge is -2.28. The predicted molar refractivity (Wildman–Crippen MR) is 124 cm³/mol. The smallest absolute Gasteiger partial charge is 0.270 e. The Morgan fingerprint density at radius 1 is 1.06 bits per heavy atom. The number of nitrogens with one attached hydrogen (secondary N) is 1. The van der Waals surface area contributed by atoms with Crippen molar-refractivity contribution in [2.45, 2.75) is 65.2 Å². The standard InChI is InChI=1S/C24H31N3O5/c1-23(2,3)18-11-15(12-19(22(18)30)24(4,5)6)7-10-21(29)26-25-14-16-13-17(27(31)32)8-9-20(16)28/h8-9,11-14,28,30H,7,10H2,1-6H3,(H,26,29)/b25-14+. The molecule has 0 spiro atoms. The van der Waals surface area contributed by atoms with Gasteiger partial charge in [-0.25, -0.2) is 5.43 Å². The van der Waals surface area contributed by atoms with Crippen molar-refractivity contribution in [2.75, 3.05) is 0 Å². The lowest BCUT2D eigenvalue weighted by atomic mass is 9.78. The highest BCUT2D eigenvalue weighted by molar-refractivity contribution is 5.86. The molecule has 2 rings (SSSR count). The van der Waals surface area contributed by atoms with Gasteiger partial charge in [-0.3, -0.25) is 14.9 Å². The van der Waals surface area contributed by atoms with Gasteiger partial charge in [-0.1, -0.05) is 53.7 Å². The van der Waals surface area contributed by atoms with Crippen LogP contribution in [0.3, 0.4) is 0 Å². The molecule has 0 atom stereocenters. The second-order valence-electron chi connectivity index (χ2n) is 9.83. The third kappa shape index (κ3) is 6.29. The van der Waals surface area contributed by atoms with E-state index in [1.807, 2.05) is 53.7 Å². The molecule has 172 valence electrons. The number of nitro groups is 1. The SMILES string of the molecule is CC(C)(C)c1cc(CCC(=O)N/N=C/c2cc([N+](=O)[O-])ccc2O)cc(C(C)(C)C)c1O. The van der Waals surface area contributed by atoms with E-state index in [9.17, 15) is 25.1 Å². The fourth-order valence-corrected chi connectivity index (χ4v) is 3.23. The zero-order valence-electron chi connectivity index (χ0n) is 19.4.